The predicted octanol–water partition coefficient (Wildman–Crippen LogP) is 4.00. The summed E-state index contributed by atoms with van der Waals surface area (Å²) in [5, 5.41) is 0. The molecule has 0 radical (unpaired) electrons. The summed E-state index contributed by atoms with van der Waals surface area (Å²) in [6.45, 7) is 7.12. The lowest BCUT2D eigenvalue weighted by molar-refractivity contribution is 0.165. The third kappa shape index (κ3) is 2.21. The van der Waals surface area contributed by atoms with Crippen molar-refractivity contribution < 1.29 is 0 Å². The van der Waals surface area contributed by atoms with Gasteiger partial charge in [0.1, 0.15) is 0 Å². The van der Waals surface area contributed by atoms with E-state index in [2.05, 4.69) is 20.8 Å². The van der Waals surface area contributed by atoms with E-state index in [9.17, 15) is 0 Å². The molecule has 0 aromatic heterocycles. The van der Waals surface area contributed by atoms with Gasteiger partial charge in [-0.15, -0.1) is 0 Å². The highest BCUT2D eigenvalue weighted by Crippen LogP contribution is 2.40. The quantitative estimate of drug-likeness (QED) is 0.574. The van der Waals surface area contributed by atoms with Crippen LogP contribution >= 0.6 is 0 Å². The van der Waals surface area contributed by atoms with Crippen LogP contribution in [0.3, 0.4) is 0 Å². The van der Waals surface area contributed by atoms with Crippen LogP contribution in [0.25, 0.3) is 0 Å². The van der Waals surface area contributed by atoms with Crippen molar-refractivity contribution in [1.82, 2.24) is 0 Å². The zero-order chi connectivity index (χ0) is 8.32. The second-order valence-corrected chi connectivity index (χ2v) is 4.52. The van der Waals surface area contributed by atoms with Gasteiger partial charge in [0.2, 0.25) is 0 Å². The van der Waals surface area contributed by atoms with E-state index in [0.29, 0.717) is 5.41 Å². The zero-order valence-corrected chi connectivity index (χ0v) is 8.32. The van der Waals surface area contributed by atoms with E-state index in [1.54, 1.807) is 0 Å². The topological polar surface area (TPSA) is 0 Å². The first kappa shape index (κ1) is 9.09. The van der Waals surface area contributed by atoms with Gasteiger partial charge in [-0.25, -0.2) is 0 Å². The van der Waals surface area contributed by atoms with Gasteiger partial charge in [-0.1, -0.05) is 52.9 Å². The largest absolute Gasteiger partial charge is 0.0649 e. The molecule has 0 saturated heterocycles. The molecule has 0 aliphatic heterocycles. The van der Waals surface area contributed by atoms with E-state index < -0.39 is 0 Å². The Morgan fingerprint density at radius 2 is 1.73 bits per heavy atom. The second kappa shape index (κ2) is 3.60. The third-order valence-corrected chi connectivity index (χ3v) is 3.71. The molecule has 0 unspecified atom stereocenters. The van der Waals surface area contributed by atoms with Crippen molar-refractivity contribution in [1.29, 1.82) is 0 Å². The first-order chi connectivity index (χ1) is 5.20. The van der Waals surface area contributed by atoms with Crippen molar-refractivity contribution in [3.05, 3.63) is 0 Å². The van der Waals surface area contributed by atoms with Crippen LogP contribution < -0.4 is 0 Å². The third-order valence-electron chi connectivity index (χ3n) is 3.71. The van der Waals surface area contributed by atoms with Crippen LogP contribution in [0, 0.1) is 11.3 Å². The maximum absolute atomic E-state index is 2.45. The average Bonchev–Trinajstić information content (AvgIpc) is 1.97. The summed E-state index contributed by atoms with van der Waals surface area (Å²) in [4.78, 5) is 0. The molecule has 1 aliphatic rings. The Hall–Kier alpha value is 0. The van der Waals surface area contributed by atoms with Crippen molar-refractivity contribution in [3.63, 3.8) is 0 Å². The molecule has 0 bridgehead atoms. The predicted molar refractivity (Wildman–Crippen MR) is 50.6 cm³/mol. The highest BCUT2D eigenvalue weighted by molar-refractivity contribution is 4.79. The maximum Gasteiger partial charge on any atom is -0.0328 e. The van der Waals surface area contributed by atoms with E-state index in [4.69, 9.17) is 0 Å². The number of hydrogen-bond acceptors (Lipinski definition) is 0. The number of rotatable bonds is 4. The molecule has 0 amide bonds. The van der Waals surface area contributed by atoms with E-state index in [-0.39, 0.29) is 0 Å². The van der Waals surface area contributed by atoms with Crippen LogP contribution in [-0.2, 0) is 0 Å². The van der Waals surface area contributed by atoms with Gasteiger partial charge >= 0.3 is 0 Å². The Morgan fingerprint density at radius 3 is 2.00 bits per heavy atom. The first-order valence-corrected chi connectivity index (χ1v) is 5.20. The monoisotopic (exact) mass is 154 g/mol. The Balaban J connectivity index is 2.29. The Kier molecular flexibility index (Phi) is 2.98. The summed E-state index contributed by atoms with van der Waals surface area (Å²) in [6.07, 6.45) is 8.72. The minimum atomic E-state index is 0.658. The lowest BCUT2D eigenvalue weighted by Crippen LogP contribution is -2.23. The Labute approximate surface area is 71.4 Å². The highest BCUT2D eigenvalue weighted by Gasteiger charge is 2.27. The fourth-order valence-corrected chi connectivity index (χ4v) is 1.93. The summed E-state index contributed by atoms with van der Waals surface area (Å²) >= 11 is 0. The molecule has 0 nitrogen and oxygen atoms in total. The second-order valence-electron chi connectivity index (χ2n) is 4.52. The normalized spacial score (nSPS) is 19.9. The van der Waals surface area contributed by atoms with Crippen LogP contribution in [0.15, 0.2) is 0 Å². The maximum atomic E-state index is 2.45. The Morgan fingerprint density at radius 1 is 1.18 bits per heavy atom. The van der Waals surface area contributed by atoms with Crippen molar-refractivity contribution in [2.75, 3.05) is 0 Å². The van der Waals surface area contributed by atoms with Crippen LogP contribution in [0.1, 0.15) is 59.3 Å². The molecule has 0 aromatic rings. The molecule has 0 heteroatoms. The molecule has 11 heavy (non-hydrogen) atoms. The minimum Gasteiger partial charge on any atom is -0.0649 e. The summed E-state index contributed by atoms with van der Waals surface area (Å²) < 4.78 is 0. The van der Waals surface area contributed by atoms with Gasteiger partial charge < -0.3 is 0 Å². The molecule has 0 aromatic carbocycles. The van der Waals surface area contributed by atoms with Crippen molar-refractivity contribution >= 4 is 0 Å². The molecular weight excluding hydrogens is 132 g/mol. The smallest absolute Gasteiger partial charge is 0.0328 e. The average molecular weight is 154 g/mol. The fourth-order valence-electron chi connectivity index (χ4n) is 1.93. The van der Waals surface area contributed by atoms with Crippen LogP contribution in [0.2, 0.25) is 0 Å². The standard InChI is InChI=1S/C11H22/c1-4-11(3,5-2)9-10-7-6-8-10/h10H,4-9H2,1-3H3. The summed E-state index contributed by atoms with van der Waals surface area (Å²) in [6, 6.07) is 0. The van der Waals surface area contributed by atoms with Gasteiger partial charge in [0.05, 0.1) is 0 Å². The van der Waals surface area contributed by atoms with Crippen LogP contribution in [0.5, 0.6) is 0 Å². The van der Waals surface area contributed by atoms with E-state index in [1.165, 1.54) is 38.5 Å². The zero-order valence-electron chi connectivity index (χ0n) is 8.32. The van der Waals surface area contributed by atoms with E-state index in [1.807, 2.05) is 0 Å². The molecule has 66 valence electrons. The Bertz CT molecular complexity index is 107. The molecule has 1 rings (SSSR count). The van der Waals surface area contributed by atoms with Crippen LogP contribution in [0.4, 0.5) is 0 Å². The van der Waals surface area contributed by atoms with Gasteiger partial charge in [-0.05, 0) is 17.8 Å². The van der Waals surface area contributed by atoms with Crippen molar-refractivity contribution in [3.8, 4) is 0 Å². The molecule has 0 N–H and O–H groups in total. The lowest BCUT2D eigenvalue weighted by atomic mass is 9.70. The van der Waals surface area contributed by atoms with Gasteiger partial charge in [-0.3, -0.25) is 0 Å². The summed E-state index contributed by atoms with van der Waals surface area (Å²) in [7, 11) is 0. The minimum absolute atomic E-state index is 0.658. The van der Waals surface area contributed by atoms with Gasteiger partial charge in [0.25, 0.3) is 0 Å². The highest BCUT2D eigenvalue weighted by atomic mass is 14.3. The SMILES string of the molecule is CCC(C)(CC)CC1CCC1. The molecule has 0 heterocycles. The summed E-state index contributed by atoms with van der Waals surface area (Å²) in [5.74, 6) is 1.08. The number of hydrogen-bond donors (Lipinski definition) is 0. The molecule has 1 aliphatic carbocycles. The van der Waals surface area contributed by atoms with Gasteiger partial charge in [0, 0.05) is 0 Å². The van der Waals surface area contributed by atoms with Crippen molar-refractivity contribution in [2.24, 2.45) is 11.3 Å². The molecular formula is C11H22. The fraction of sp³-hybridized carbons (Fsp3) is 1.00. The molecule has 1 saturated carbocycles. The van der Waals surface area contributed by atoms with E-state index >= 15 is 0 Å². The van der Waals surface area contributed by atoms with Gasteiger partial charge in [-0.2, -0.15) is 0 Å². The lowest BCUT2D eigenvalue weighted by Gasteiger charge is -2.35. The molecule has 0 atom stereocenters. The summed E-state index contributed by atoms with van der Waals surface area (Å²) in [5.41, 5.74) is 0.658. The first-order valence-electron chi connectivity index (χ1n) is 5.20. The van der Waals surface area contributed by atoms with Gasteiger partial charge in [0.15, 0.2) is 0 Å². The molecule has 1 fully saturated rings. The van der Waals surface area contributed by atoms with Crippen molar-refractivity contribution in [2.45, 2.75) is 59.3 Å². The van der Waals surface area contributed by atoms with E-state index in [0.717, 1.165) is 5.92 Å². The molecule has 0 spiro atoms. The van der Waals surface area contributed by atoms with Crippen LogP contribution in [-0.4, -0.2) is 0 Å².